The predicted octanol–water partition coefficient (Wildman–Crippen LogP) is 0.0144. The van der Waals surface area contributed by atoms with Gasteiger partial charge >= 0.3 is 0 Å². The summed E-state index contributed by atoms with van der Waals surface area (Å²) in [5, 5.41) is 27.2. The van der Waals surface area contributed by atoms with Crippen LogP contribution in [0.3, 0.4) is 0 Å². The van der Waals surface area contributed by atoms with Crippen LogP contribution in [0.1, 0.15) is 43.9 Å². The molecule has 0 radical (unpaired) electrons. The monoisotopic (exact) mass is 366 g/mol. The number of anilines is 2. The molecule has 8 nitrogen and oxygen atoms in total. The van der Waals surface area contributed by atoms with Crippen LogP contribution in [-0.4, -0.2) is 23.8 Å². The van der Waals surface area contributed by atoms with Gasteiger partial charge in [0.15, 0.2) is 0 Å². The van der Waals surface area contributed by atoms with Gasteiger partial charge in [0.25, 0.3) is 5.91 Å². The molecule has 2 amide bonds. The molecule has 2 aromatic rings. The maximum absolute atomic E-state index is 12.3. The van der Waals surface area contributed by atoms with Gasteiger partial charge in [0.1, 0.15) is 0 Å². The summed E-state index contributed by atoms with van der Waals surface area (Å²) in [6, 6.07) is 9.17. The molecular formula is C19H14N2O6-2. The Kier molecular flexibility index (Phi) is 4.89. The van der Waals surface area contributed by atoms with Gasteiger partial charge < -0.3 is 30.4 Å². The molecule has 2 aromatic carbocycles. The van der Waals surface area contributed by atoms with E-state index in [-0.39, 0.29) is 23.1 Å². The van der Waals surface area contributed by atoms with Crippen molar-refractivity contribution in [3.63, 3.8) is 0 Å². The molecule has 1 fully saturated rings. The molecule has 1 aliphatic carbocycles. The van der Waals surface area contributed by atoms with Crippen LogP contribution in [0.25, 0.3) is 0 Å². The summed E-state index contributed by atoms with van der Waals surface area (Å²) in [6.07, 6.45) is 1.76. The number of rotatable bonds is 6. The molecule has 3 rings (SSSR count). The number of carboxylic acids is 2. The second-order valence-electron chi connectivity index (χ2n) is 6.17. The first kappa shape index (κ1) is 18.1. The topological polar surface area (TPSA) is 138 Å². The van der Waals surface area contributed by atoms with Crippen molar-refractivity contribution in [2.24, 2.45) is 5.92 Å². The molecular weight excluding hydrogens is 352 g/mol. The van der Waals surface area contributed by atoms with Crippen molar-refractivity contribution in [1.82, 2.24) is 0 Å². The van der Waals surface area contributed by atoms with Crippen molar-refractivity contribution in [3.8, 4) is 0 Å². The van der Waals surface area contributed by atoms with Crippen LogP contribution in [0.2, 0.25) is 0 Å². The van der Waals surface area contributed by atoms with E-state index in [1.54, 1.807) is 12.1 Å². The minimum Gasteiger partial charge on any atom is -0.545 e. The number of aromatic carboxylic acids is 2. The Labute approximate surface area is 153 Å². The summed E-state index contributed by atoms with van der Waals surface area (Å²) in [4.78, 5) is 46.0. The maximum Gasteiger partial charge on any atom is 0.255 e. The van der Waals surface area contributed by atoms with E-state index < -0.39 is 29.0 Å². The lowest BCUT2D eigenvalue weighted by molar-refractivity contribution is -0.255. The van der Waals surface area contributed by atoms with Gasteiger partial charge in [-0.05, 0) is 66.4 Å². The van der Waals surface area contributed by atoms with E-state index in [1.165, 1.54) is 12.1 Å². The lowest BCUT2D eigenvalue weighted by Crippen LogP contribution is -2.26. The molecule has 1 saturated carbocycles. The number of hydrogen-bond donors (Lipinski definition) is 2. The smallest absolute Gasteiger partial charge is 0.255 e. The third-order valence-electron chi connectivity index (χ3n) is 4.03. The number of nitrogens with one attached hydrogen (secondary N) is 2. The maximum atomic E-state index is 12.3. The van der Waals surface area contributed by atoms with E-state index in [0.29, 0.717) is 5.69 Å². The fraction of sp³-hybridized carbons (Fsp3) is 0.158. The highest BCUT2D eigenvalue weighted by Crippen LogP contribution is 2.30. The van der Waals surface area contributed by atoms with Gasteiger partial charge in [-0.15, -0.1) is 0 Å². The van der Waals surface area contributed by atoms with Crippen molar-refractivity contribution in [1.29, 1.82) is 0 Å². The number of carbonyl (C=O) groups is 4. The van der Waals surface area contributed by atoms with Gasteiger partial charge in [0.2, 0.25) is 5.91 Å². The number of hydrogen-bond acceptors (Lipinski definition) is 6. The minimum absolute atomic E-state index is 0.0213. The van der Waals surface area contributed by atoms with E-state index in [9.17, 15) is 29.4 Å². The van der Waals surface area contributed by atoms with E-state index >= 15 is 0 Å². The molecule has 8 heteroatoms. The van der Waals surface area contributed by atoms with Gasteiger partial charge in [-0.2, -0.15) is 0 Å². The van der Waals surface area contributed by atoms with E-state index in [2.05, 4.69) is 10.6 Å². The summed E-state index contributed by atoms with van der Waals surface area (Å²) in [7, 11) is 0. The average Bonchev–Trinajstić information content (AvgIpc) is 3.47. The first-order valence-electron chi connectivity index (χ1n) is 8.13. The quantitative estimate of drug-likeness (QED) is 0.739. The van der Waals surface area contributed by atoms with Gasteiger partial charge in [0, 0.05) is 22.9 Å². The molecule has 27 heavy (non-hydrogen) atoms. The summed E-state index contributed by atoms with van der Waals surface area (Å²) in [5.41, 5.74) is -0.0165. The SMILES string of the molecule is O=C([O-])c1cc(NC(=O)c2ccc(NC(=O)C3CC3)cc2)cc(C(=O)[O-])c1. The largest absolute Gasteiger partial charge is 0.545 e. The molecule has 1 aliphatic rings. The zero-order valence-corrected chi connectivity index (χ0v) is 14.0. The van der Waals surface area contributed by atoms with E-state index in [0.717, 1.165) is 31.0 Å². The fourth-order valence-electron chi connectivity index (χ4n) is 2.43. The lowest BCUT2D eigenvalue weighted by atomic mass is 10.1. The van der Waals surface area contributed by atoms with Gasteiger partial charge in [0.05, 0.1) is 11.9 Å². The average molecular weight is 366 g/mol. The summed E-state index contributed by atoms with van der Waals surface area (Å²) < 4.78 is 0. The van der Waals surface area contributed by atoms with Crippen LogP contribution in [0.15, 0.2) is 42.5 Å². The zero-order valence-electron chi connectivity index (χ0n) is 14.0. The first-order valence-corrected chi connectivity index (χ1v) is 8.13. The molecule has 0 unspecified atom stereocenters. The molecule has 0 aliphatic heterocycles. The van der Waals surface area contributed by atoms with E-state index in [1.807, 2.05) is 0 Å². The molecule has 0 aromatic heterocycles. The Morgan fingerprint density at radius 2 is 1.30 bits per heavy atom. The van der Waals surface area contributed by atoms with Gasteiger partial charge in [-0.3, -0.25) is 9.59 Å². The highest BCUT2D eigenvalue weighted by molar-refractivity contribution is 6.06. The lowest BCUT2D eigenvalue weighted by Gasteiger charge is -2.12. The normalized spacial score (nSPS) is 12.9. The third-order valence-corrected chi connectivity index (χ3v) is 4.03. The minimum atomic E-state index is -1.58. The highest BCUT2D eigenvalue weighted by atomic mass is 16.4. The first-order chi connectivity index (χ1) is 12.8. The number of carboxylic acid groups (broad SMARTS) is 2. The van der Waals surface area contributed by atoms with Crippen LogP contribution in [-0.2, 0) is 4.79 Å². The van der Waals surface area contributed by atoms with Crippen LogP contribution >= 0.6 is 0 Å². The van der Waals surface area contributed by atoms with Crippen LogP contribution in [0.5, 0.6) is 0 Å². The van der Waals surface area contributed by atoms with Crippen LogP contribution < -0.4 is 20.8 Å². The summed E-state index contributed by atoms with van der Waals surface area (Å²) in [6.45, 7) is 0. The van der Waals surface area contributed by atoms with Crippen molar-refractivity contribution in [2.75, 3.05) is 10.6 Å². The zero-order chi connectivity index (χ0) is 19.6. The van der Waals surface area contributed by atoms with Gasteiger partial charge in [-0.1, -0.05) is 0 Å². The molecule has 0 heterocycles. The molecule has 2 N–H and O–H groups in total. The van der Waals surface area contributed by atoms with Crippen LogP contribution in [0.4, 0.5) is 11.4 Å². The second-order valence-corrected chi connectivity index (χ2v) is 6.17. The van der Waals surface area contributed by atoms with Gasteiger partial charge in [-0.25, -0.2) is 0 Å². The third kappa shape index (κ3) is 4.49. The molecule has 138 valence electrons. The molecule has 0 bridgehead atoms. The molecule has 0 atom stereocenters. The predicted molar refractivity (Wildman–Crippen MR) is 90.9 cm³/mol. The highest BCUT2D eigenvalue weighted by Gasteiger charge is 2.29. The Hall–Kier alpha value is -3.68. The number of benzene rings is 2. The van der Waals surface area contributed by atoms with Crippen molar-refractivity contribution in [3.05, 3.63) is 59.2 Å². The number of carbonyl (C=O) groups excluding carboxylic acids is 4. The van der Waals surface area contributed by atoms with Crippen molar-refractivity contribution < 1.29 is 29.4 Å². The second kappa shape index (κ2) is 7.28. The number of amides is 2. The van der Waals surface area contributed by atoms with E-state index in [4.69, 9.17) is 0 Å². The standard InChI is InChI=1S/C19H16N2O6/c22-16(10-1-2-10)20-14-5-3-11(4-6-14)17(23)21-15-8-12(18(24)25)7-13(9-15)19(26)27/h3-10H,1-2H2,(H,20,22)(H,21,23)(H,24,25)(H,26,27)/p-2. The van der Waals surface area contributed by atoms with Crippen LogP contribution in [0, 0.1) is 5.92 Å². The fourth-order valence-corrected chi connectivity index (χ4v) is 2.43. The molecule has 0 saturated heterocycles. The van der Waals surface area contributed by atoms with Crippen molar-refractivity contribution >= 4 is 35.1 Å². The Bertz CT molecular complexity index is 899. The summed E-state index contributed by atoms with van der Waals surface area (Å²) >= 11 is 0. The van der Waals surface area contributed by atoms with Crippen molar-refractivity contribution in [2.45, 2.75) is 12.8 Å². The summed E-state index contributed by atoms with van der Waals surface area (Å²) in [5.74, 6) is -3.73. The Balaban J connectivity index is 1.73. The Morgan fingerprint density at radius 1 is 0.741 bits per heavy atom. The Morgan fingerprint density at radius 3 is 1.78 bits per heavy atom. The molecule has 0 spiro atoms.